The van der Waals surface area contributed by atoms with Crippen LogP contribution in [0.1, 0.15) is 45.2 Å². The molecule has 2 aromatic carbocycles. The van der Waals surface area contributed by atoms with Gasteiger partial charge in [-0.2, -0.15) is 9.97 Å². The summed E-state index contributed by atoms with van der Waals surface area (Å²) in [6.07, 6.45) is 3.26. The van der Waals surface area contributed by atoms with Crippen LogP contribution in [0.3, 0.4) is 0 Å². The van der Waals surface area contributed by atoms with Crippen molar-refractivity contribution in [1.29, 1.82) is 0 Å². The number of likely N-dealkylation sites (tertiary alicyclic amines) is 1. The minimum atomic E-state index is -0.549. The summed E-state index contributed by atoms with van der Waals surface area (Å²) in [5.74, 6) is 1.82. The number of carbonyl (C=O) groups excluding carboxylic acids is 1. The second kappa shape index (κ2) is 13.1. The number of hydrogen-bond donors (Lipinski definition) is 2. The third-order valence-electron chi connectivity index (χ3n) is 6.83. The molecule has 1 amide bonds. The van der Waals surface area contributed by atoms with Crippen LogP contribution in [-0.2, 0) is 16.0 Å². The molecule has 0 bridgehead atoms. The second-order valence-electron chi connectivity index (χ2n) is 11.3. The molecule has 2 aromatic heterocycles. The largest absolute Gasteiger partial charge is 0.491 e. The Kier molecular flexibility index (Phi) is 9.06. The maximum absolute atomic E-state index is 12.8. The zero-order valence-corrected chi connectivity index (χ0v) is 24.7. The molecule has 2 N–H and O–H groups in total. The Hall–Kier alpha value is -4.38. The first-order valence-corrected chi connectivity index (χ1v) is 14.3. The van der Waals surface area contributed by atoms with E-state index >= 15 is 0 Å². The topological polar surface area (TPSA) is 116 Å². The molecular weight excluding hydrogens is 534 g/mol. The number of nitrogens with one attached hydrogen (secondary N) is 2. The normalized spacial score (nSPS) is 15.4. The Balaban J connectivity index is 1.41. The molecule has 42 heavy (non-hydrogen) atoms. The summed E-state index contributed by atoms with van der Waals surface area (Å²) in [6.45, 7) is 8.42. The van der Waals surface area contributed by atoms with Crippen LogP contribution in [-0.4, -0.2) is 69.5 Å². The molecule has 1 atom stereocenters. The smallest absolute Gasteiger partial charge is 0.410 e. The molecule has 0 unspecified atom stereocenters. The summed E-state index contributed by atoms with van der Waals surface area (Å²) in [5.41, 5.74) is 2.77. The number of aromatic nitrogens is 4. The lowest BCUT2D eigenvalue weighted by Gasteiger charge is -2.34. The van der Waals surface area contributed by atoms with E-state index in [0.29, 0.717) is 55.8 Å². The maximum atomic E-state index is 12.8. The van der Waals surface area contributed by atoms with Gasteiger partial charge in [0.05, 0.1) is 19.0 Å². The number of nitrogens with zero attached hydrogens (tertiary/aromatic N) is 5. The lowest BCUT2D eigenvalue weighted by atomic mass is 10.1. The van der Waals surface area contributed by atoms with Gasteiger partial charge in [-0.05, 0) is 63.4 Å². The number of hydrogen-bond acceptors (Lipinski definition) is 9. The van der Waals surface area contributed by atoms with Crippen molar-refractivity contribution in [3.63, 3.8) is 0 Å². The average molecular weight is 574 g/mol. The standard InChI is InChI=1S/C31H39N7O4/c1-31(2,3)42-30(39)37-16-8-11-24(20-37)38-21-33-26-27(32-19-22-9-6-5-7-10-22)35-29(36-28(26)38)34-23-12-14-25(15-13-23)41-18-17-40-4/h5-7,9-10,12-15,21,24H,8,11,16-20H2,1-4H3,(H2,32,34,35,36)/t24-/m0/s1. The van der Waals surface area contributed by atoms with Crippen molar-refractivity contribution in [2.24, 2.45) is 0 Å². The van der Waals surface area contributed by atoms with Crippen LogP contribution in [0.15, 0.2) is 60.9 Å². The summed E-state index contributed by atoms with van der Waals surface area (Å²) in [4.78, 5) is 29.0. The van der Waals surface area contributed by atoms with Gasteiger partial charge in [0.2, 0.25) is 5.95 Å². The molecule has 0 saturated carbocycles. The quantitative estimate of drug-likeness (QED) is 0.228. The highest BCUT2D eigenvalue weighted by atomic mass is 16.6. The van der Waals surface area contributed by atoms with Gasteiger partial charge in [0.15, 0.2) is 17.0 Å². The molecule has 1 aliphatic heterocycles. The van der Waals surface area contributed by atoms with Gasteiger partial charge in [0.1, 0.15) is 18.0 Å². The Bertz CT molecular complexity index is 1470. The molecule has 222 valence electrons. The van der Waals surface area contributed by atoms with Gasteiger partial charge < -0.3 is 34.3 Å². The monoisotopic (exact) mass is 573 g/mol. The van der Waals surface area contributed by atoms with E-state index < -0.39 is 5.60 Å². The van der Waals surface area contributed by atoms with E-state index in [9.17, 15) is 4.79 Å². The molecule has 1 saturated heterocycles. The lowest BCUT2D eigenvalue weighted by Crippen LogP contribution is -2.43. The molecule has 1 aliphatic rings. The first-order valence-electron chi connectivity index (χ1n) is 14.3. The molecule has 0 radical (unpaired) electrons. The van der Waals surface area contributed by atoms with Crippen LogP contribution >= 0.6 is 0 Å². The van der Waals surface area contributed by atoms with Crippen molar-refractivity contribution >= 4 is 34.7 Å². The van der Waals surface area contributed by atoms with Gasteiger partial charge in [-0.3, -0.25) is 0 Å². The summed E-state index contributed by atoms with van der Waals surface area (Å²) >= 11 is 0. The van der Waals surface area contributed by atoms with Gasteiger partial charge in [-0.15, -0.1) is 0 Å². The predicted octanol–water partition coefficient (Wildman–Crippen LogP) is 5.78. The first kappa shape index (κ1) is 29.1. The lowest BCUT2D eigenvalue weighted by molar-refractivity contribution is 0.0174. The minimum absolute atomic E-state index is 0.00419. The molecular formula is C31H39N7O4. The number of carbonyl (C=O) groups is 1. The van der Waals surface area contributed by atoms with E-state index in [1.165, 1.54) is 0 Å². The van der Waals surface area contributed by atoms with Crippen molar-refractivity contribution in [1.82, 2.24) is 24.4 Å². The van der Waals surface area contributed by atoms with E-state index in [-0.39, 0.29) is 12.1 Å². The van der Waals surface area contributed by atoms with E-state index in [2.05, 4.69) is 27.3 Å². The van der Waals surface area contributed by atoms with Crippen molar-refractivity contribution in [2.75, 3.05) is 44.0 Å². The molecule has 5 rings (SSSR count). The van der Waals surface area contributed by atoms with Crippen molar-refractivity contribution < 1.29 is 19.0 Å². The zero-order valence-electron chi connectivity index (χ0n) is 24.7. The van der Waals surface area contributed by atoms with Gasteiger partial charge in [0, 0.05) is 32.4 Å². The molecule has 1 fully saturated rings. The summed E-state index contributed by atoms with van der Waals surface area (Å²) in [7, 11) is 1.65. The van der Waals surface area contributed by atoms with Crippen molar-refractivity contribution in [2.45, 2.75) is 51.8 Å². The molecule has 0 spiro atoms. The number of imidazole rings is 1. The number of anilines is 3. The highest BCUT2D eigenvalue weighted by Gasteiger charge is 2.30. The van der Waals surface area contributed by atoms with Gasteiger partial charge in [0.25, 0.3) is 0 Å². The van der Waals surface area contributed by atoms with Crippen molar-refractivity contribution in [3.8, 4) is 5.75 Å². The highest BCUT2D eigenvalue weighted by Crippen LogP contribution is 2.30. The van der Waals surface area contributed by atoms with Crippen LogP contribution in [0.25, 0.3) is 11.2 Å². The number of benzene rings is 2. The Morgan fingerprint density at radius 2 is 1.83 bits per heavy atom. The fraction of sp³-hybridized carbons (Fsp3) is 0.419. The van der Waals surface area contributed by atoms with Gasteiger partial charge in [-0.25, -0.2) is 9.78 Å². The maximum Gasteiger partial charge on any atom is 0.410 e. The van der Waals surface area contributed by atoms with Crippen LogP contribution < -0.4 is 15.4 Å². The van der Waals surface area contributed by atoms with Crippen LogP contribution in [0.4, 0.5) is 22.2 Å². The summed E-state index contributed by atoms with van der Waals surface area (Å²) in [5, 5.41) is 6.79. The molecule has 11 heteroatoms. The SMILES string of the molecule is COCCOc1ccc(Nc2nc(NCc3ccccc3)c3ncn([C@H]4CCCN(C(=O)OC(C)(C)C)C4)c3n2)cc1. The van der Waals surface area contributed by atoms with Crippen molar-refractivity contribution in [3.05, 3.63) is 66.5 Å². The summed E-state index contributed by atoms with van der Waals surface area (Å²) in [6, 6.07) is 17.8. The number of ether oxygens (including phenoxy) is 3. The fourth-order valence-corrected chi connectivity index (χ4v) is 4.83. The van der Waals surface area contributed by atoms with E-state index in [0.717, 1.165) is 29.8 Å². The third kappa shape index (κ3) is 7.47. The molecule has 0 aliphatic carbocycles. The Morgan fingerprint density at radius 3 is 2.57 bits per heavy atom. The van der Waals surface area contributed by atoms with Gasteiger partial charge >= 0.3 is 6.09 Å². The van der Waals surface area contributed by atoms with Crippen LogP contribution in [0.2, 0.25) is 0 Å². The number of amides is 1. The molecule has 4 aromatic rings. The zero-order chi connectivity index (χ0) is 29.5. The van der Waals surface area contributed by atoms with Crippen LogP contribution in [0, 0.1) is 0 Å². The predicted molar refractivity (Wildman–Crippen MR) is 162 cm³/mol. The first-order chi connectivity index (χ1) is 20.3. The number of fused-ring (bicyclic) bond motifs is 1. The van der Waals surface area contributed by atoms with E-state index in [4.69, 9.17) is 29.2 Å². The van der Waals surface area contributed by atoms with E-state index in [1.807, 2.05) is 63.2 Å². The number of rotatable bonds is 10. The average Bonchev–Trinajstić information content (AvgIpc) is 3.41. The fourth-order valence-electron chi connectivity index (χ4n) is 4.83. The molecule has 3 heterocycles. The third-order valence-corrected chi connectivity index (χ3v) is 6.83. The second-order valence-corrected chi connectivity index (χ2v) is 11.3. The van der Waals surface area contributed by atoms with Gasteiger partial charge in [-0.1, -0.05) is 30.3 Å². The summed E-state index contributed by atoms with van der Waals surface area (Å²) < 4.78 is 18.4. The Labute approximate surface area is 246 Å². The Morgan fingerprint density at radius 1 is 1.05 bits per heavy atom. The highest BCUT2D eigenvalue weighted by molar-refractivity contribution is 5.85. The van der Waals surface area contributed by atoms with Crippen LogP contribution in [0.5, 0.6) is 5.75 Å². The minimum Gasteiger partial charge on any atom is -0.491 e. The number of methoxy groups -OCH3 is 1. The molecule has 11 nitrogen and oxygen atoms in total. The van der Waals surface area contributed by atoms with E-state index in [1.54, 1.807) is 18.3 Å². The number of piperidine rings is 1.